The summed E-state index contributed by atoms with van der Waals surface area (Å²) in [5.41, 5.74) is 3.84. The van der Waals surface area contributed by atoms with Crippen LogP contribution in [0.1, 0.15) is 42.4 Å². The van der Waals surface area contributed by atoms with Gasteiger partial charge in [-0.25, -0.2) is 4.98 Å². The summed E-state index contributed by atoms with van der Waals surface area (Å²) in [5.74, 6) is -0.0900. The second kappa shape index (κ2) is 8.84. The van der Waals surface area contributed by atoms with E-state index in [1.165, 1.54) is 11.1 Å². The molecule has 0 spiro atoms. The van der Waals surface area contributed by atoms with E-state index in [1.807, 2.05) is 13.1 Å². The molecule has 0 saturated heterocycles. The van der Waals surface area contributed by atoms with Gasteiger partial charge in [-0.15, -0.1) is 0 Å². The molecule has 0 bridgehead atoms. The van der Waals surface area contributed by atoms with E-state index in [9.17, 15) is 4.79 Å². The number of benzene rings is 1. The van der Waals surface area contributed by atoms with Gasteiger partial charge in [-0.2, -0.15) is 5.10 Å². The maximum absolute atomic E-state index is 13.3. The van der Waals surface area contributed by atoms with Crippen molar-refractivity contribution in [2.75, 3.05) is 31.1 Å². The highest BCUT2D eigenvalue weighted by atomic mass is 32.1. The van der Waals surface area contributed by atoms with Crippen molar-refractivity contribution in [2.24, 2.45) is 0 Å². The highest BCUT2D eigenvalue weighted by Gasteiger charge is 2.24. The molecule has 1 aromatic carbocycles. The van der Waals surface area contributed by atoms with Crippen LogP contribution in [-0.4, -0.2) is 51.8 Å². The average molecular weight is 400 g/mol. The normalized spacial score (nSPS) is 11.5. The van der Waals surface area contributed by atoms with Crippen LogP contribution in [-0.2, 0) is 6.54 Å². The van der Waals surface area contributed by atoms with E-state index in [4.69, 9.17) is 4.98 Å². The molecule has 1 amide bonds. The zero-order valence-corrected chi connectivity index (χ0v) is 18.2. The van der Waals surface area contributed by atoms with Gasteiger partial charge in [0.2, 0.25) is 0 Å². The van der Waals surface area contributed by atoms with Crippen molar-refractivity contribution in [1.82, 2.24) is 19.7 Å². The molecule has 3 aromatic rings. The summed E-state index contributed by atoms with van der Waals surface area (Å²) in [7, 11) is 0. The Bertz CT molecular complexity index is 957. The number of rotatable bonds is 8. The van der Waals surface area contributed by atoms with Crippen LogP contribution in [0, 0.1) is 13.8 Å². The topological polar surface area (TPSA) is 54.3 Å². The van der Waals surface area contributed by atoms with Gasteiger partial charge in [0.15, 0.2) is 10.8 Å². The van der Waals surface area contributed by atoms with E-state index < -0.39 is 0 Å². The Morgan fingerprint density at radius 3 is 2.50 bits per heavy atom. The highest BCUT2D eigenvalue weighted by molar-refractivity contribution is 7.22. The van der Waals surface area contributed by atoms with Crippen LogP contribution < -0.4 is 4.90 Å². The summed E-state index contributed by atoms with van der Waals surface area (Å²) in [6.07, 6.45) is 1.85. The number of aryl methyl sites for hydroxylation is 3. The van der Waals surface area contributed by atoms with E-state index in [0.717, 1.165) is 41.5 Å². The quantitative estimate of drug-likeness (QED) is 0.572. The van der Waals surface area contributed by atoms with Crippen molar-refractivity contribution in [2.45, 2.75) is 41.2 Å². The average Bonchev–Trinajstić information content (AvgIpc) is 3.35. The minimum Gasteiger partial charge on any atom is -0.302 e. The van der Waals surface area contributed by atoms with Gasteiger partial charge in [0, 0.05) is 25.8 Å². The Labute approximate surface area is 170 Å². The number of hydrogen-bond donors (Lipinski definition) is 0. The summed E-state index contributed by atoms with van der Waals surface area (Å²) in [4.78, 5) is 22.2. The number of fused-ring (bicyclic) bond motifs is 1. The molecule has 0 saturated carbocycles. The number of thiazole rings is 1. The standard InChI is InChI=1S/C21H29N5OS/c1-6-24(7-2)13-14-26(20(27)17-11-12-25(8-3)23-17)21-22-19-16(5)15(4)9-10-18(19)28-21/h9-12H,6-8,13-14H2,1-5H3. The monoisotopic (exact) mass is 399 g/mol. The largest absolute Gasteiger partial charge is 0.302 e. The maximum atomic E-state index is 13.3. The van der Waals surface area contributed by atoms with Crippen LogP contribution in [0.5, 0.6) is 0 Å². The van der Waals surface area contributed by atoms with Gasteiger partial charge in [0.25, 0.3) is 5.91 Å². The molecular formula is C21H29N5OS. The van der Waals surface area contributed by atoms with Gasteiger partial charge >= 0.3 is 0 Å². The van der Waals surface area contributed by atoms with Crippen molar-refractivity contribution in [3.05, 3.63) is 41.2 Å². The Balaban J connectivity index is 1.97. The predicted molar refractivity (Wildman–Crippen MR) is 116 cm³/mol. The van der Waals surface area contributed by atoms with E-state index >= 15 is 0 Å². The van der Waals surface area contributed by atoms with Crippen molar-refractivity contribution >= 4 is 32.6 Å². The number of hydrogen-bond acceptors (Lipinski definition) is 5. The first-order valence-electron chi connectivity index (χ1n) is 9.92. The molecule has 0 unspecified atom stereocenters. The van der Waals surface area contributed by atoms with E-state index in [2.05, 4.69) is 49.8 Å². The molecular weight excluding hydrogens is 370 g/mol. The molecule has 0 radical (unpaired) electrons. The number of amides is 1. The minimum absolute atomic E-state index is 0.0900. The number of carbonyl (C=O) groups is 1. The first-order chi connectivity index (χ1) is 13.5. The van der Waals surface area contributed by atoms with Crippen LogP contribution >= 0.6 is 11.3 Å². The predicted octanol–water partition coefficient (Wildman–Crippen LogP) is 4.12. The van der Waals surface area contributed by atoms with E-state index in [0.29, 0.717) is 12.2 Å². The zero-order chi connectivity index (χ0) is 20.3. The Kier molecular flexibility index (Phi) is 6.46. The van der Waals surface area contributed by atoms with Crippen LogP contribution in [0.3, 0.4) is 0 Å². The summed E-state index contributed by atoms with van der Waals surface area (Å²) in [6, 6.07) is 6.00. The third kappa shape index (κ3) is 4.10. The second-order valence-corrected chi connectivity index (χ2v) is 7.90. The van der Waals surface area contributed by atoms with Crippen LogP contribution in [0.25, 0.3) is 10.2 Å². The lowest BCUT2D eigenvalue weighted by atomic mass is 10.1. The van der Waals surface area contributed by atoms with Gasteiger partial charge in [-0.05, 0) is 57.1 Å². The van der Waals surface area contributed by atoms with Gasteiger partial charge < -0.3 is 4.90 Å². The highest BCUT2D eigenvalue weighted by Crippen LogP contribution is 2.32. The fraction of sp³-hybridized carbons (Fsp3) is 0.476. The van der Waals surface area contributed by atoms with Crippen LogP contribution in [0.4, 0.5) is 5.13 Å². The number of anilines is 1. The number of aromatic nitrogens is 3. The Morgan fingerprint density at radius 1 is 1.11 bits per heavy atom. The first-order valence-corrected chi connectivity index (χ1v) is 10.7. The van der Waals surface area contributed by atoms with E-state index in [-0.39, 0.29) is 5.91 Å². The molecule has 7 heteroatoms. The summed E-state index contributed by atoms with van der Waals surface area (Å²) >= 11 is 1.57. The molecule has 2 aromatic heterocycles. The van der Waals surface area contributed by atoms with Crippen molar-refractivity contribution < 1.29 is 4.79 Å². The molecule has 0 N–H and O–H groups in total. The van der Waals surface area contributed by atoms with Crippen molar-refractivity contribution in [1.29, 1.82) is 0 Å². The smallest absolute Gasteiger partial charge is 0.280 e. The van der Waals surface area contributed by atoms with Gasteiger partial charge in [0.1, 0.15) is 0 Å². The Morgan fingerprint density at radius 2 is 1.86 bits per heavy atom. The van der Waals surface area contributed by atoms with Crippen LogP contribution in [0.15, 0.2) is 24.4 Å². The zero-order valence-electron chi connectivity index (χ0n) is 17.4. The lowest BCUT2D eigenvalue weighted by molar-refractivity contribution is 0.0978. The molecule has 150 valence electrons. The lowest BCUT2D eigenvalue weighted by Crippen LogP contribution is -2.39. The SMILES string of the molecule is CCN(CC)CCN(C(=O)c1ccn(CC)n1)c1nc2c(C)c(C)ccc2s1. The second-order valence-electron chi connectivity index (χ2n) is 6.89. The van der Waals surface area contributed by atoms with Gasteiger partial charge in [0.05, 0.1) is 10.2 Å². The van der Waals surface area contributed by atoms with Crippen molar-refractivity contribution in [3.8, 4) is 0 Å². The van der Waals surface area contributed by atoms with Crippen LogP contribution in [0.2, 0.25) is 0 Å². The summed E-state index contributed by atoms with van der Waals surface area (Å²) in [6.45, 7) is 14.5. The molecule has 0 aliphatic carbocycles. The van der Waals surface area contributed by atoms with E-state index in [1.54, 1.807) is 27.0 Å². The molecule has 6 nitrogen and oxygen atoms in total. The third-order valence-corrected chi connectivity index (χ3v) is 6.31. The fourth-order valence-corrected chi connectivity index (χ4v) is 4.23. The van der Waals surface area contributed by atoms with Crippen molar-refractivity contribution in [3.63, 3.8) is 0 Å². The molecule has 3 rings (SSSR count). The summed E-state index contributed by atoms with van der Waals surface area (Å²) < 4.78 is 2.89. The molecule has 0 fully saturated rings. The molecule has 0 atom stereocenters. The number of nitrogens with zero attached hydrogens (tertiary/aromatic N) is 5. The number of likely N-dealkylation sites (N-methyl/N-ethyl adjacent to an activating group) is 1. The Hall–Kier alpha value is -2.25. The molecule has 2 heterocycles. The lowest BCUT2D eigenvalue weighted by Gasteiger charge is -2.24. The molecule has 0 aliphatic heterocycles. The molecule has 0 aliphatic rings. The first kappa shape index (κ1) is 20.5. The number of carbonyl (C=O) groups excluding carboxylic acids is 1. The minimum atomic E-state index is -0.0900. The van der Waals surface area contributed by atoms with Gasteiger partial charge in [-0.1, -0.05) is 31.3 Å². The fourth-order valence-electron chi connectivity index (χ4n) is 3.19. The maximum Gasteiger partial charge on any atom is 0.280 e. The van der Waals surface area contributed by atoms with Gasteiger partial charge in [-0.3, -0.25) is 14.4 Å². The molecule has 28 heavy (non-hydrogen) atoms. The third-order valence-electron chi connectivity index (χ3n) is 5.27. The summed E-state index contributed by atoms with van der Waals surface area (Å²) in [5, 5.41) is 5.16.